The van der Waals surface area contributed by atoms with E-state index in [0.717, 1.165) is 0 Å². The van der Waals surface area contributed by atoms with Crippen molar-refractivity contribution in [2.24, 2.45) is 0 Å². The fourth-order valence-electron chi connectivity index (χ4n) is 2.78. The van der Waals surface area contributed by atoms with Gasteiger partial charge in [-0.2, -0.15) is 0 Å². The van der Waals surface area contributed by atoms with E-state index in [9.17, 15) is 9.18 Å². The summed E-state index contributed by atoms with van der Waals surface area (Å²) < 4.78 is 31.2. The quantitative estimate of drug-likeness (QED) is 0.309. The van der Waals surface area contributed by atoms with Gasteiger partial charge >= 0.3 is 0 Å². The van der Waals surface area contributed by atoms with Gasteiger partial charge in [0.05, 0.1) is 30.7 Å². The molecule has 8 nitrogen and oxygen atoms in total. The molecule has 3 rings (SSSR count). The van der Waals surface area contributed by atoms with Crippen molar-refractivity contribution in [2.75, 3.05) is 25.3 Å². The Balaban J connectivity index is 1.63. The fourth-order valence-corrected chi connectivity index (χ4v) is 3.71. The number of amides is 1. The zero-order valence-corrected chi connectivity index (χ0v) is 19.6. The van der Waals surface area contributed by atoms with Crippen molar-refractivity contribution in [2.45, 2.75) is 18.3 Å². The first-order chi connectivity index (χ1) is 15.9. The van der Waals surface area contributed by atoms with Gasteiger partial charge in [0.15, 0.2) is 11.0 Å². The van der Waals surface area contributed by atoms with Gasteiger partial charge in [-0.05, 0) is 24.3 Å². The second-order valence-electron chi connectivity index (χ2n) is 6.57. The lowest BCUT2D eigenvalue weighted by molar-refractivity contribution is -0.113. The highest BCUT2D eigenvalue weighted by Crippen LogP contribution is 2.29. The van der Waals surface area contributed by atoms with E-state index in [1.807, 2.05) is 0 Å². The van der Waals surface area contributed by atoms with Gasteiger partial charge in [0.1, 0.15) is 29.7 Å². The van der Waals surface area contributed by atoms with E-state index in [1.54, 1.807) is 36.0 Å². The van der Waals surface area contributed by atoms with Crippen molar-refractivity contribution in [3.63, 3.8) is 0 Å². The summed E-state index contributed by atoms with van der Waals surface area (Å²) in [5.41, 5.74) is 0.531. The third kappa shape index (κ3) is 6.39. The predicted molar refractivity (Wildman–Crippen MR) is 125 cm³/mol. The molecular formula is C22H22ClFN4O4S. The smallest absolute Gasteiger partial charge is 0.234 e. The van der Waals surface area contributed by atoms with Crippen LogP contribution in [0.4, 0.5) is 10.1 Å². The molecular weight excluding hydrogens is 471 g/mol. The van der Waals surface area contributed by atoms with Crippen LogP contribution in [0.3, 0.4) is 0 Å². The molecule has 0 aliphatic rings. The van der Waals surface area contributed by atoms with Crippen LogP contribution in [0.5, 0.6) is 17.2 Å². The van der Waals surface area contributed by atoms with Crippen LogP contribution in [0.25, 0.3) is 0 Å². The molecule has 11 heteroatoms. The monoisotopic (exact) mass is 492 g/mol. The van der Waals surface area contributed by atoms with Crippen LogP contribution in [0.2, 0.25) is 5.02 Å². The minimum atomic E-state index is -0.525. The molecule has 1 heterocycles. The van der Waals surface area contributed by atoms with Crippen LogP contribution >= 0.6 is 23.4 Å². The van der Waals surface area contributed by atoms with Crippen molar-refractivity contribution >= 4 is 35.0 Å². The van der Waals surface area contributed by atoms with E-state index in [2.05, 4.69) is 22.1 Å². The SMILES string of the molecule is C=CCn1c(COc2ccc(F)c(Cl)c2)nnc1SCC(=O)Nc1ccc(OC)cc1OC. The molecule has 0 radical (unpaired) electrons. The number of aromatic nitrogens is 3. The predicted octanol–water partition coefficient (Wildman–Crippen LogP) is 4.58. The third-order valence-electron chi connectivity index (χ3n) is 4.38. The molecule has 0 bridgehead atoms. The van der Waals surface area contributed by atoms with Gasteiger partial charge in [0.2, 0.25) is 5.91 Å². The summed E-state index contributed by atoms with van der Waals surface area (Å²) in [6, 6.07) is 9.21. The molecule has 0 fully saturated rings. The number of nitrogens with zero attached hydrogens (tertiary/aromatic N) is 3. The maximum absolute atomic E-state index is 13.3. The van der Waals surface area contributed by atoms with Crippen LogP contribution in [-0.4, -0.2) is 40.6 Å². The molecule has 0 atom stereocenters. The Hall–Kier alpha value is -3.24. The number of hydrogen-bond donors (Lipinski definition) is 1. The van der Waals surface area contributed by atoms with Gasteiger partial charge in [-0.3, -0.25) is 9.36 Å². The number of thioether (sulfide) groups is 1. The van der Waals surface area contributed by atoms with E-state index in [0.29, 0.717) is 40.5 Å². The summed E-state index contributed by atoms with van der Waals surface area (Å²) in [4.78, 5) is 12.5. The number of nitrogens with one attached hydrogen (secondary N) is 1. The Morgan fingerprint density at radius 2 is 2.00 bits per heavy atom. The van der Waals surface area contributed by atoms with Crippen molar-refractivity contribution in [1.82, 2.24) is 14.8 Å². The standard InChI is InChI=1S/C22H22ClFN4O4S/c1-4-9-28-20(12-32-15-5-7-17(24)16(23)10-15)26-27-22(28)33-13-21(29)25-18-8-6-14(30-2)11-19(18)31-3/h4-8,10-11H,1,9,12-13H2,2-3H3,(H,25,29). The van der Waals surface area contributed by atoms with Gasteiger partial charge < -0.3 is 19.5 Å². The van der Waals surface area contributed by atoms with Crippen molar-refractivity contribution in [1.29, 1.82) is 0 Å². The first-order valence-electron chi connectivity index (χ1n) is 9.70. The number of halogens is 2. The van der Waals surface area contributed by atoms with Crippen molar-refractivity contribution in [3.8, 4) is 17.2 Å². The van der Waals surface area contributed by atoms with E-state index < -0.39 is 5.82 Å². The maximum Gasteiger partial charge on any atom is 0.234 e. The molecule has 0 aliphatic heterocycles. The van der Waals surface area contributed by atoms with E-state index in [4.69, 9.17) is 25.8 Å². The Morgan fingerprint density at radius 3 is 2.70 bits per heavy atom. The van der Waals surface area contributed by atoms with Gasteiger partial charge in [-0.25, -0.2) is 4.39 Å². The van der Waals surface area contributed by atoms with Crippen LogP contribution in [0.1, 0.15) is 5.82 Å². The normalized spacial score (nSPS) is 10.5. The minimum absolute atomic E-state index is 0.0317. The summed E-state index contributed by atoms with van der Waals surface area (Å²) in [5.74, 6) is 1.36. The molecule has 2 aromatic carbocycles. The van der Waals surface area contributed by atoms with Gasteiger partial charge in [-0.1, -0.05) is 29.4 Å². The Kier molecular flexibility index (Phi) is 8.56. The van der Waals surface area contributed by atoms with E-state index in [1.165, 1.54) is 37.1 Å². The molecule has 33 heavy (non-hydrogen) atoms. The van der Waals surface area contributed by atoms with Gasteiger partial charge in [0, 0.05) is 18.7 Å². The van der Waals surface area contributed by atoms with E-state index >= 15 is 0 Å². The maximum atomic E-state index is 13.3. The summed E-state index contributed by atoms with van der Waals surface area (Å²) >= 11 is 7.01. The lowest BCUT2D eigenvalue weighted by Gasteiger charge is -2.12. The van der Waals surface area contributed by atoms with Crippen LogP contribution < -0.4 is 19.5 Å². The number of allylic oxidation sites excluding steroid dienone is 1. The Bertz CT molecular complexity index is 1140. The lowest BCUT2D eigenvalue weighted by Crippen LogP contribution is -2.15. The zero-order chi connectivity index (χ0) is 23.8. The number of hydrogen-bond acceptors (Lipinski definition) is 7. The number of methoxy groups -OCH3 is 2. The van der Waals surface area contributed by atoms with Crippen LogP contribution in [-0.2, 0) is 17.9 Å². The highest BCUT2D eigenvalue weighted by atomic mass is 35.5. The third-order valence-corrected chi connectivity index (χ3v) is 5.64. The van der Waals surface area contributed by atoms with Gasteiger partial charge in [-0.15, -0.1) is 16.8 Å². The lowest BCUT2D eigenvalue weighted by atomic mass is 10.2. The molecule has 0 unspecified atom stereocenters. The number of benzene rings is 2. The van der Waals surface area contributed by atoms with Crippen LogP contribution in [0.15, 0.2) is 54.2 Å². The summed E-state index contributed by atoms with van der Waals surface area (Å²) in [6.07, 6.45) is 1.69. The summed E-state index contributed by atoms with van der Waals surface area (Å²) in [5, 5.41) is 11.6. The molecule has 1 amide bonds. The minimum Gasteiger partial charge on any atom is -0.497 e. The first-order valence-corrected chi connectivity index (χ1v) is 11.1. The van der Waals surface area contributed by atoms with Crippen molar-refractivity contribution < 1.29 is 23.4 Å². The second-order valence-corrected chi connectivity index (χ2v) is 7.92. The van der Waals surface area contributed by atoms with Crippen LogP contribution in [0, 0.1) is 5.82 Å². The average Bonchev–Trinajstić information content (AvgIpc) is 3.20. The molecule has 1 N–H and O–H groups in total. The Labute approximate surface area is 199 Å². The number of carbonyl (C=O) groups excluding carboxylic acids is 1. The number of anilines is 1. The first kappa shape index (κ1) is 24.4. The average molecular weight is 493 g/mol. The molecule has 3 aromatic rings. The van der Waals surface area contributed by atoms with Gasteiger partial charge in [0.25, 0.3) is 0 Å². The molecule has 1 aromatic heterocycles. The highest BCUT2D eigenvalue weighted by Gasteiger charge is 2.15. The molecule has 0 saturated carbocycles. The second kappa shape index (κ2) is 11.6. The topological polar surface area (TPSA) is 87.5 Å². The Morgan fingerprint density at radius 1 is 1.21 bits per heavy atom. The number of ether oxygens (including phenoxy) is 3. The highest BCUT2D eigenvalue weighted by molar-refractivity contribution is 7.99. The van der Waals surface area contributed by atoms with Crippen molar-refractivity contribution in [3.05, 3.63) is 65.7 Å². The zero-order valence-electron chi connectivity index (χ0n) is 18.0. The fraction of sp³-hybridized carbons (Fsp3) is 0.227. The summed E-state index contributed by atoms with van der Waals surface area (Å²) in [7, 11) is 3.07. The molecule has 174 valence electrons. The van der Waals surface area contributed by atoms with E-state index in [-0.39, 0.29) is 23.3 Å². The molecule has 0 spiro atoms. The largest absolute Gasteiger partial charge is 0.497 e. The summed E-state index contributed by atoms with van der Waals surface area (Å²) in [6.45, 7) is 4.26. The number of carbonyl (C=O) groups is 1. The molecule has 0 aliphatic carbocycles. The number of rotatable bonds is 11. The molecule has 0 saturated heterocycles.